The Balaban J connectivity index is 1.54. The molecule has 1 amide bonds. The van der Waals surface area contributed by atoms with Gasteiger partial charge in [-0.05, 0) is 45.1 Å². The van der Waals surface area contributed by atoms with Gasteiger partial charge in [0.25, 0.3) is 0 Å². The number of nitrogens with zero attached hydrogens (tertiary/aromatic N) is 3. The summed E-state index contributed by atoms with van der Waals surface area (Å²) in [6.07, 6.45) is 4.41. The molecule has 0 atom stereocenters. The zero-order chi connectivity index (χ0) is 26.0. The molecule has 1 N–H and O–H groups in total. The van der Waals surface area contributed by atoms with Crippen LogP contribution in [0.2, 0.25) is 0 Å². The Morgan fingerprint density at radius 2 is 1.76 bits per heavy atom. The molecule has 192 valence electrons. The van der Waals surface area contributed by atoms with Crippen molar-refractivity contribution in [1.82, 2.24) is 19.9 Å². The predicted octanol–water partition coefficient (Wildman–Crippen LogP) is 6.59. The Hall–Kier alpha value is -3.87. The van der Waals surface area contributed by atoms with E-state index in [1.54, 1.807) is 7.11 Å². The second-order valence-electron chi connectivity index (χ2n) is 9.80. The number of aromatic nitrogens is 3. The van der Waals surface area contributed by atoms with Crippen LogP contribution in [0, 0.1) is 13.8 Å². The average Bonchev–Trinajstić information content (AvgIpc) is 3.28. The van der Waals surface area contributed by atoms with Crippen molar-refractivity contribution in [3.8, 4) is 28.4 Å². The zero-order valence-corrected chi connectivity index (χ0v) is 22.0. The van der Waals surface area contributed by atoms with Crippen molar-refractivity contribution in [3.63, 3.8) is 0 Å². The van der Waals surface area contributed by atoms with Crippen LogP contribution in [0.4, 0.5) is 4.79 Å². The minimum Gasteiger partial charge on any atom is -0.480 e. The summed E-state index contributed by atoms with van der Waals surface area (Å²) in [5, 5.41) is 7.93. The Bertz CT molecular complexity index is 1410. The van der Waals surface area contributed by atoms with Crippen LogP contribution in [0.5, 0.6) is 5.88 Å². The fourth-order valence-corrected chi connectivity index (χ4v) is 5.00. The molecule has 0 spiro atoms. The van der Waals surface area contributed by atoms with Gasteiger partial charge >= 0.3 is 6.09 Å². The van der Waals surface area contributed by atoms with Crippen molar-refractivity contribution >= 4 is 11.7 Å². The van der Waals surface area contributed by atoms with Gasteiger partial charge in [0.2, 0.25) is 5.88 Å². The van der Waals surface area contributed by atoms with Crippen molar-refractivity contribution < 1.29 is 14.3 Å². The topological polar surface area (TPSA) is 77.8 Å². The lowest BCUT2D eigenvalue weighted by Gasteiger charge is -2.42. The van der Waals surface area contributed by atoms with E-state index in [2.05, 4.69) is 55.6 Å². The lowest BCUT2D eigenvalue weighted by atomic mass is 9.71. The van der Waals surface area contributed by atoms with E-state index in [0.717, 1.165) is 77.0 Å². The number of imidazole rings is 1. The van der Waals surface area contributed by atoms with E-state index in [9.17, 15) is 4.79 Å². The number of ether oxygens (including phenoxy) is 2. The summed E-state index contributed by atoms with van der Waals surface area (Å²) >= 11 is 0. The number of hydrogen-bond acceptors (Lipinski definition) is 5. The highest BCUT2D eigenvalue weighted by molar-refractivity contribution is 5.82. The number of methoxy groups -OCH3 is 1. The third kappa shape index (κ3) is 4.54. The van der Waals surface area contributed by atoms with Gasteiger partial charge in [-0.3, -0.25) is 0 Å². The zero-order valence-electron chi connectivity index (χ0n) is 22.0. The SMILES string of the molecule is CCCCOC(=O)NC1(c2ccc(-c3nc4c(C)c(C)c(OC)nn4c3-c3ccccc3)cc2)CCC1. The predicted molar refractivity (Wildman–Crippen MR) is 145 cm³/mol. The first-order chi connectivity index (χ1) is 18.0. The number of hydrogen-bond donors (Lipinski definition) is 1. The number of carbonyl (C=O) groups excluding carboxylic acids is 1. The van der Waals surface area contributed by atoms with Crippen LogP contribution in [0.25, 0.3) is 28.2 Å². The third-order valence-electron chi connectivity index (χ3n) is 7.49. The Labute approximate surface area is 217 Å². The van der Waals surface area contributed by atoms with Gasteiger partial charge in [0.1, 0.15) is 5.69 Å². The van der Waals surface area contributed by atoms with Crippen LogP contribution in [-0.4, -0.2) is 34.4 Å². The van der Waals surface area contributed by atoms with Gasteiger partial charge in [-0.15, -0.1) is 5.10 Å². The Morgan fingerprint density at radius 3 is 2.38 bits per heavy atom. The molecule has 7 heteroatoms. The summed E-state index contributed by atoms with van der Waals surface area (Å²) in [6.45, 7) is 6.59. The van der Waals surface area contributed by atoms with Gasteiger partial charge in [-0.2, -0.15) is 0 Å². The molecule has 0 saturated heterocycles. The van der Waals surface area contributed by atoms with Crippen LogP contribution in [-0.2, 0) is 10.3 Å². The molecule has 37 heavy (non-hydrogen) atoms. The number of alkyl carbamates (subject to hydrolysis) is 1. The van der Waals surface area contributed by atoms with Crippen LogP contribution < -0.4 is 10.1 Å². The molecule has 1 aliphatic rings. The second kappa shape index (κ2) is 10.2. The number of nitrogens with one attached hydrogen (secondary N) is 1. The van der Waals surface area contributed by atoms with Gasteiger partial charge in [-0.25, -0.2) is 14.3 Å². The van der Waals surface area contributed by atoms with Crippen molar-refractivity contribution in [2.45, 2.75) is 58.4 Å². The molecule has 2 heterocycles. The van der Waals surface area contributed by atoms with Gasteiger partial charge in [0.15, 0.2) is 5.65 Å². The molecule has 0 aliphatic heterocycles. The molecule has 0 unspecified atom stereocenters. The van der Waals surface area contributed by atoms with Crippen LogP contribution in [0.3, 0.4) is 0 Å². The largest absolute Gasteiger partial charge is 0.480 e. The average molecular weight is 499 g/mol. The molecule has 7 nitrogen and oxygen atoms in total. The number of aryl methyl sites for hydroxylation is 1. The highest BCUT2D eigenvalue weighted by Gasteiger charge is 2.40. The van der Waals surface area contributed by atoms with E-state index in [1.807, 2.05) is 29.6 Å². The summed E-state index contributed by atoms with van der Waals surface area (Å²) in [5.74, 6) is 0.588. The van der Waals surface area contributed by atoms with Crippen LogP contribution >= 0.6 is 0 Å². The maximum atomic E-state index is 12.4. The smallest absolute Gasteiger partial charge is 0.407 e. The van der Waals surface area contributed by atoms with Crippen LogP contribution in [0.15, 0.2) is 54.6 Å². The van der Waals surface area contributed by atoms with Crippen molar-refractivity contribution in [1.29, 1.82) is 0 Å². The van der Waals surface area contributed by atoms with E-state index in [1.165, 1.54) is 0 Å². The van der Waals surface area contributed by atoms with Crippen LogP contribution in [0.1, 0.15) is 55.7 Å². The maximum absolute atomic E-state index is 12.4. The summed E-state index contributed by atoms with van der Waals surface area (Å²) in [5.41, 5.74) is 7.33. The number of benzene rings is 2. The summed E-state index contributed by atoms with van der Waals surface area (Å²) in [4.78, 5) is 17.5. The Morgan fingerprint density at radius 1 is 1.03 bits per heavy atom. The quantitative estimate of drug-likeness (QED) is 0.277. The molecule has 4 aromatic rings. The number of rotatable bonds is 8. The highest BCUT2D eigenvalue weighted by atomic mass is 16.5. The van der Waals surface area contributed by atoms with Crippen molar-refractivity contribution in [2.24, 2.45) is 0 Å². The molecule has 1 aliphatic carbocycles. The fourth-order valence-electron chi connectivity index (χ4n) is 5.00. The van der Waals surface area contributed by atoms with E-state index < -0.39 is 0 Å². The molecule has 2 aromatic heterocycles. The molecular weight excluding hydrogens is 464 g/mol. The first-order valence-corrected chi connectivity index (χ1v) is 13.0. The van der Waals surface area contributed by atoms with Gasteiger partial charge in [0, 0.05) is 22.3 Å². The van der Waals surface area contributed by atoms with Crippen molar-refractivity contribution in [2.75, 3.05) is 13.7 Å². The molecule has 2 aromatic carbocycles. The lowest BCUT2D eigenvalue weighted by Crippen LogP contribution is -2.51. The first kappa shape index (κ1) is 24.8. The molecule has 1 saturated carbocycles. The van der Waals surface area contributed by atoms with Gasteiger partial charge in [-0.1, -0.05) is 67.9 Å². The van der Waals surface area contributed by atoms with E-state index in [4.69, 9.17) is 19.6 Å². The highest BCUT2D eigenvalue weighted by Crippen LogP contribution is 2.42. The number of unbranched alkanes of at least 4 members (excludes halogenated alkanes) is 1. The molecule has 1 fully saturated rings. The molecule has 5 rings (SSSR count). The molecular formula is C30H34N4O3. The number of amides is 1. The second-order valence-corrected chi connectivity index (χ2v) is 9.80. The maximum Gasteiger partial charge on any atom is 0.407 e. The number of carbonyl (C=O) groups is 1. The van der Waals surface area contributed by atoms with E-state index in [-0.39, 0.29) is 11.6 Å². The summed E-state index contributed by atoms with van der Waals surface area (Å²) in [7, 11) is 1.64. The van der Waals surface area contributed by atoms with Gasteiger partial charge < -0.3 is 14.8 Å². The normalized spacial score (nSPS) is 14.3. The fraction of sp³-hybridized carbons (Fsp3) is 0.367. The molecule has 0 radical (unpaired) electrons. The summed E-state index contributed by atoms with van der Waals surface area (Å²) in [6, 6.07) is 18.6. The number of fused-ring (bicyclic) bond motifs is 1. The Kier molecular flexibility index (Phi) is 6.87. The minimum absolute atomic E-state index is 0.338. The first-order valence-electron chi connectivity index (χ1n) is 13.0. The standard InChI is InChI=1S/C30H34N4O3/c1-5-6-19-37-29(35)32-30(17-10-18-30)24-15-13-22(14-16-24)25-26(23-11-8-7-9-12-23)34-27(31-25)20(2)21(3)28(33-34)36-4/h7-9,11-16H,5-6,10,17-19H2,1-4H3,(H,32,35). The van der Waals surface area contributed by atoms with Crippen molar-refractivity contribution in [3.05, 3.63) is 71.3 Å². The lowest BCUT2D eigenvalue weighted by molar-refractivity contribution is 0.110. The van der Waals surface area contributed by atoms with Gasteiger partial charge in [0.05, 0.1) is 24.9 Å². The third-order valence-corrected chi connectivity index (χ3v) is 7.49. The van der Waals surface area contributed by atoms with E-state index in [0.29, 0.717) is 12.5 Å². The molecule has 0 bridgehead atoms. The monoisotopic (exact) mass is 498 g/mol. The summed E-state index contributed by atoms with van der Waals surface area (Å²) < 4.78 is 12.8. The minimum atomic E-state index is -0.369. The van der Waals surface area contributed by atoms with E-state index >= 15 is 0 Å².